The number of rotatable bonds is 2. The van der Waals surface area contributed by atoms with Crippen molar-refractivity contribution in [2.24, 2.45) is 0 Å². The Morgan fingerprint density at radius 2 is 1.81 bits per heavy atom. The maximum Gasteiger partial charge on any atom is 0.245 e. The number of hydrogen-bond acceptors (Lipinski definition) is 5. The fourth-order valence-corrected chi connectivity index (χ4v) is 4.47. The molecule has 3 rings (SSSR count). The van der Waals surface area contributed by atoms with Crippen molar-refractivity contribution in [2.75, 3.05) is 32.0 Å². The van der Waals surface area contributed by atoms with Crippen LogP contribution in [0.5, 0.6) is 0 Å². The highest BCUT2D eigenvalue weighted by Gasteiger charge is 2.42. The molecular formula is C13H17ClN2O4S. The zero-order valence-corrected chi connectivity index (χ0v) is 13.0. The molecule has 2 aliphatic rings. The van der Waals surface area contributed by atoms with E-state index in [1.54, 1.807) is 0 Å². The first-order valence-corrected chi connectivity index (χ1v) is 8.58. The number of halogens is 1. The second-order valence-electron chi connectivity index (χ2n) is 5.19. The van der Waals surface area contributed by atoms with Gasteiger partial charge in [0, 0.05) is 31.0 Å². The number of benzene rings is 1. The van der Waals surface area contributed by atoms with Gasteiger partial charge in [0.2, 0.25) is 10.0 Å². The van der Waals surface area contributed by atoms with Crippen LogP contribution in [0.3, 0.4) is 0 Å². The minimum Gasteiger partial charge on any atom is -0.398 e. The molecule has 1 spiro atoms. The molecule has 6 nitrogen and oxygen atoms in total. The van der Waals surface area contributed by atoms with Crippen LogP contribution < -0.4 is 5.73 Å². The molecule has 0 aliphatic carbocycles. The SMILES string of the molecule is Nc1cc(Cl)ccc1S(=O)(=O)N1CCC2(CC1)OCCO2. The molecule has 0 unspecified atom stereocenters. The van der Waals surface area contributed by atoms with Gasteiger partial charge in [-0.2, -0.15) is 4.31 Å². The summed E-state index contributed by atoms with van der Waals surface area (Å²) in [5, 5.41) is 0.414. The lowest BCUT2D eigenvalue weighted by atomic mass is 10.1. The van der Waals surface area contributed by atoms with Gasteiger partial charge in [-0.25, -0.2) is 8.42 Å². The average molecular weight is 333 g/mol. The zero-order valence-electron chi connectivity index (χ0n) is 11.4. The monoisotopic (exact) mass is 332 g/mol. The van der Waals surface area contributed by atoms with Crippen molar-refractivity contribution in [3.63, 3.8) is 0 Å². The zero-order chi connectivity index (χ0) is 15.1. The van der Waals surface area contributed by atoms with Crippen molar-refractivity contribution < 1.29 is 17.9 Å². The van der Waals surface area contributed by atoms with Gasteiger partial charge >= 0.3 is 0 Å². The van der Waals surface area contributed by atoms with E-state index in [4.69, 9.17) is 26.8 Å². The highest BCUT2D eigenvalue weighted by Crippen LogP contribution is 2.34. The third-order valence-corrected chi connectivity index (χ3v) is 6.10. The van der Waals surface area contributed by atoms with Crippen molar-refractivity contribution in [3.8, 4) is 0 Å². The number of nitrogens with two attached hydrogens (primary N) is 1. The summed E-state index contributed by atoms with van der Waals surface area (Å²) in [6.45, 7) is 1.84. The number of hydrogen-bond donors (Lipinski definition) is 1. The van der Waals surface area contributed by atoms with Crippen molar-refractivity contribution in [2.45, 2.75) is 23.5 Å². The number of sulfonamides is 1. The number of ether oxygens (including phenoxy) is 2. The third-order valence-electron chi connectivity index (χ3n) is 3.89. The molecule has 2 heterocycles. The van der Waals surface area contributed by atoms with E-state index in [0.29, 0.717) is 44.2 Å². The van der Waals surface area contributed by atoms with Gasteiger partial charge in [-0.3, -0.25) is 0 Å². The lowest BCUT2D eigenvalue weighted by Gasteiger charge is -2.36. The quantitative estimate of drug-likeness (QED) is 0.829. The molecule has 116 valence electrons. The number of anilines is 1. The fourth-order valence-electron chi connectivity index (χ4n) is 2.75. The summed E-state index contributed by atoms with van der Waals surface area (Å²) in [4.78, 5) is 0.0936. The van der Waals surface area contributed by atoms with Gasteiger partial charge in [0.1, 0.15) is 4.90 Å². The number of piperidine rings is 1. The van der Waals surface area contributed by atoms with Gasteiger partial charge in [-0.05, 0) is 18.2 Å². The average Bonchev–Trinajstić information content (AvgIpc) is 2.87. The minimum atomic E-state index is -3.62. The maximum atomic E-state index is 12.6. The van der Waals surface area contributed by atoms with Gasteiger partial charge in [0.05, 0.1) is 18.9 Å². The highest BCUT2D eigenvalue weighted by atomic mass is 35.5. The Morgan fingerprint density at radius 1 is 1.19 bits per heavy atom. The topological polar surface area (TPSA) is 81.9 Å². The first-order chi connectivity index (χ1) is 9.93. The molecule has 0 bridgehead atoms. The van der Waals surface area contributed by atoms with Crippen LogP contribution in [0, 0.1) is 0 Å². The number of nitrogens with zero attached hydrogens (tertiary/aromatic N) is 1. The molecule has 21 heavy (non-hydrogen) atoms. The summed E-state index contributed by atoms with van der Waals surface area (Å²) < 4.78 is 37.9. The van der Waals surface area contributed by atoms with E-state index in [2.05, 4.69) is 0 Å². The van der Waals surface area contributed by atoms with Gasteiger partial charge in [0.15, 0.2) is 5.79 Å². The fraction of sp³-hybridized carbons (Fsp3) is 0.538. The first kappa shape index (κ1) is 15.1. The molecule has 2 saturated heterocycles. The largest absolute Gasteiger partial charge is 0.398 e. The van der Waals surface area contributed by atoms with Crippen LogP contribution >= 0.6 is 11.6 Å². The Bertz CT molecular complexity index is 634. The van der Waals surface area contributed by atoms with E-state index in [9.17, 15) is 8.42 Å². The molecule has 0 amide bonds. The van der Waals surface area contributed by atoms with E-state index < -0.39 is 15.8 Å². The number of nitrogen functional groups attached to an aromatic ring is 1. The molecule has 8 heteroatoms. The molecule has 0 radical (unpaired) electrons. The Balaban J connectivity index is 1.80. The predicted octanol–water partition coefficient (Wildman–Crippen LogP) is 1.45. The molecule has 2 fully saturated rings. The third kappa shape index (κ3) is 2.76. The molecule has 2 N–H and O–H groups in total. The Labute approximate surface area is 128 Å². The summed E-state index contributed by atoms with van der Waals surface area (Å²) in [6.07, 6.45) is 1.06. The van der Waals surface area contributed by atoms with Gasteiger partial charge in [-0.1, -0.05) is 11.6 Å². The second kappa shape index (κ2) is 5.40. The molecule has 0 saturated carbocycles. The van der Waals surface area contributed by atoms with Gasteiger partial charge in [0.25, 0.3) is 0 Å². The van der Waals surface area contributed by atoms with E-state index in [-0.39, 0.29) is 10.6 Å². The normalized spacial score (nSPS) is 22.7. The standard InChI is InChI=1S/C13H17ClN2O4S/c14-10-1-2-12(11(15)9-10)21(17,18)16-5-3-13(4-6-16)19-7-8-20-13/h1-2,9H,3-8,15H2. The Kier molecular flexibility index (Phi) is 3.87. The summed E-state index contributed by atoms with van der Waals surface area (Å²) in [7, 11) is -3.62. The van der Waals surface area contributed by atoms with Crippen molar-refractivity contribution in [3.05, 3.63) is 23.2 Å². The van der Waals surface area contributed by atoms with Crippen LogP contribution in [0.15, 0.2) is 23.1 Å². The van der Waals surface area contributed by atoms with Gasteiger partial charge in [-0.15, -0.1) is 0 Å². The van der Waals surface area contributed by atoms with E-state index in [1.807, 2.05) is 0 Å². The molecule has 0 aromatic heterocycles. The van der Waals surface area contributed by atoms with Crippen LogP contribution in [0.1, 0.15) is 12.8 Å². The first-order valence-electron chi connectivity index (χ1n) is 6.76. The van der Waals surface area contributed by atoms with E-state index >= 15 is 0 Å². The summed E-state index contributed by atoms with van der Waals surface area (Å²) in [5.41, 5.74) is 5.95. The van der Waals surface area contributed by atoms with Crippen molar-refractivity contribution >= 4 is 27.3 Å². The van der Waals surface area contributed by atoms with Crippen LogP contribution in [-0.2, 0) is 19.5 Å². The minimum absolute atomic E-state index is 0.0936. The Hall–Kier alpha value is -0.860. The van der Waals surface area contributed by atoms with Crippen LogP contribution in [-0.4, -0.2) is 44.8 Å². The summed E-state index contributed by atoms with van der Waals surface area (Å²) >= 11 is 5.81. The van der Waals surface area contributed by atoms with E-state index in [0.717, 1.165) is 0 Å². The predicted molar refractivity (Wildman–Crippen MR) is 78.5 cm³/mol. The summed E-state index contributed by atoms with van der Waals surface area (Å²) in [6, 6.07) is 4.42. The molecular weight excluding hydrogens is 316 g/mol. The van der Waals surface area contributed by atoms with Crippen molar-refractivity contribution in [1.29, 1.82) is 0 Å². The molecule has 1 aromatic rings. The second-order valence-corrected chi connectivity index (χ2v) is 7.54. The van der Waals surface area contributed by atoms with Crippen molar-refractivity contribution in [1.82, 2.24) is 4.31 Å². The Morgan fingerprint density at radius 3 is 2.38 bits per heavy atom. The van der Waals surface area contributed by atoms with E-state index in [1.165, 1.54) is 22.5 Å². The van der Waals surface area contributed by atoms with Crippen LogP contribution in [0.4, 0.5) is 5.69 Å². The van der Waals surface area contributed by atoms with Gasteiger partial charge < -0.3 is 15.2 Å². The smallest absolute Gasteiger partial charge is 0.245 e. The molecule has 1 aromatic carbocycles. The lowest BCUT2D eigenvalue weighted by molar-refractivity contribution is -0.179. The highest BCUT2D eigenvalue weighted by molar-refractivity contribution is 7.89. The molecule has 0 atom stereocenters. The maximum absolute atomic E-state index is 12.6. The van der Waals surface area contributed by atoms with Crippen LogP contribution in [0.25, 0.3) is 0 Å². The lowest BCUT2D eigenvalue weighted by Crippen LogP contribution is -2.47. The molecule has 2 aliphatic heterocycles. The van der Waals surface area contributed by atoms with Crippen LogP contribution in [0.2, 0.25) is 5.02 Å². The summed E-state index contributed by atoms with van der Waals surface area (Å²) in [5.74, 6) is -0.600.